The van der Waals surface area contributed by atoms with E-state index < -0.39 is 0 Å². The Morgan fingerprint density at radius 2 is 1.96 bits per heavy atom. The number of piperidine rings is 1. The van der Waals surface area contributed by atoms with Crippen LogP contribution in [0, 0.1) is 5.92 Å². The summed E-state index contributed by atoms with van der Waals surface area (Å²) < 4.78 is 0. The molecule has 1 saturated heterocycles. The third kappa shape index (κ3) is 3.88. The number of hydrogen-bond donors (Lipinski definition) is 2. The minimum Gasteiger partial charge on any atom is -0.326 e. The first-order chi connectivity index (χ1) is 13.2. The van der Waals surface area contributed by atoms with Gasteiger partial charge in [-0.2, -0.15) is 0 Å². The standard InChI is InChI=1S/C22H25N3O2/c23-14-15-4-3-5-16(12-15)19-13-20(19)22(27)24-17-7-9-18(10-8-17)25-11-2-1-6-21(25)26/h3-5,7-10,12,19-20H,1-2,6,11,13-14,23H2,(H,24,27)/t19-,20-/m1/s1. The highest BCUT2D eigenvalue weighted by molar-refractivity contribution is 5.96. The van der Waals surface area contributed by atoms with Gasteiger partial charge in [0.25, 0.3) is 0 Å². The van der Waals surface area contributed by atoms with Crippen molar-refractivity contribution in [3.8, 4) is 0 Å². The monoisotopic (exact) mass is 363 g/mol. The number of nitrogens with one attached hydrogen (secondary N) is 1. The molecule has 2 aromatic rings. The van der Waals surface area contributed by atoms with Crippen LogP contribution in [0.2, 0.25) is 0 Å². The number of nitrogens with zero attached hydrogens (tertiary/aromatic N) is 1. The van der Waals surface area contributed by atoms with Gasteiger partial charge in [0.2, 0.25) is 11.8 Å². The van der Waals surface area contributed by atoms with Crippen LogP contribution >= 0.6 is 0 Å². The van der Waals surface area contributed by atoms with Gasteiger partial charge in [0.1, 0.15) is 0 Å². The van der Waals surface area contributed by atoms with Gasteiger partial charge >= 0.3 is 0 Å². The summed E-state index contributed by atoms with van der Waals surface area (Å²) >= 11 is 0. The minimum absolute atomic E-state index is 0.0152. The molecule has 5 nitrogen and oxygen atoms in total. The van der Waals surface area contributed by atoms with Gasteiger partial charge in [-0.3, -0.25) is 9.59 Å². The Labute approximate surface area is 159 Å². The highest BCUT2D eigenvalue weighted by atomic mass is 16.2. The molecule has 4 rings (SSSR count). The number of hydrogen-bond acceptors (Lipinski definition) is 3. The van der Waals surface area contributed by atoms with Crippen LogP contribution in [0.4, 0.5) is 11.4 Å². The van der Waals surface area contributed by atoms with Gasteiger partial charge in [-0.25, -0.2) is 0 Å². The summed E-state index contributed by atoms with van der Waals surface area (Å²) in [5.41, 5.74) is 9.67. The molecule has 1 saturated carbocycles. The second-order valence-electron chi connectivity index (χ2n) is 7.44. The van der Waals surface area contributed by atoms with Crippen molar-refractivity contribution < 1.29 is 9.59 Å². The van der Waals surface area contributed by atoms with E-state index in [9.17, 15) is 9.59 Å². The van der Waals surface area contributed by atoms with Gasteiger partial charge in [0.15, 0.2) is 0 Å². The summed E-state index contributed by atoms with van der Waals surface area (Å²) in [5.74, 6) is 0.529. The van der Waals surface area contributed by atoms with E-state index in [2.05, 4.69) is 17.4 Å². The second-order valence-corrected chi connectivity index (χ2v) is 7.44. The lowest BCUT2D eigenvalue weighted by molar-refractivity contribution is -0.119. The Morgan fingerprint density at radius 3 is 2.70 bits per heavy atom. The highest BCUT2D eigenvalue weighted by Crippen LogP contribution is 2.48. The summed E-state index contributed by atoms with van der Waals surface area (Å²) in [6.07, 6.45) is 3.51. The van der Waals surface area contributed by atoms with Crippen molar-refractivity contribution in [2.75, 3.05) is 16.8 Å². The van der Waals surface area contributed by atoms with E-state index in [4.69, 9.17) is 5.73 Å². The molecule has 0 aromatic heterocycles. The summed E-state index contributed by atoms with van der Waals surface area (Å²) in [6, 6.07) is 15.8. The molecule has 2 aliphatic rings. The van der Waals surface area contributed by atoms with Crippen molar-refractivity contribution in [1.29, 1.82) is 0 Å². The zero-order chi connectivity index (χ0) is 18.8. The lowest BCUT2D eigenvalue weighted by Crippen LogP contribution is -2.35. The average Bonchev–Trinajstić information content (AvgIpc) is 3.50. The van der Waals surface area contributed by atoms with Gasteiger partial charge in [-0.1, -0.05) is 24.3 Å². The molecule has 2 aromatic carbocycles. The zero-order valence-electron chi connectivity index (χ0n) is 15.4. The topological polar surface area (TPSA) is 75.4 Å². The maximum Gasteiger partial charge on any atom is 0.228 e. The predicted molar refractivity (Wildman–Crippen MR) is 106 cm³/mol. The molecule has 1 aliphatic heterocycles. The molecular formula is C22H25N3O2. The maximum atomic E-state index is 12.6. The molecule has 140 valence electrons. The molecule has 1 aliphatic carbocycles. The van der Waals surface area contributed by atoms with Gasteiger partial charge < -0.3 is 16.0 Å². The quantitative estimate of drug-likeness (QED) is 0.855. The van der Waals surface area contributed by atoms with Crippen LogP contribution in [0.25, 0.3) is 0 Å². The third-order valence-electron chi connectivity index (χ3n) is 5.51. The summed E-state index contributed by atoms with van der Waals surface area (Å²) in [6.45, 7) is 1.29. The van der Waals surface area contributed by atoms with Crippen LogP contribution in [0.15, 0.2) is 48.5 Å². The van der Waals surface area contributed by atoms with E-state index in [1.807, 2.05) is 41.3 Å². The van der Waals surface area contributed by atoms with Crippen molar-refractivity contribution in [2.45, 2.75) is 38.1 Å². The number of amides is 2. The number of rotatable bonds is 5. The fourth-order valence-electron chi connectivity index (χ4n) is 3.84. The maximum absolute atomic E-state index is 12.6. The molecule has 0 bridgehead atoms. The number of carbonyl (C=O) groups is 2. The van der Waals surface area contributed by atoms with Gasteiger partial charge in [-0.05, 0) is 60.6 Å². The van der Waals surface area contributed by atoms with Crippen molar-refractivity contribution in [3.63, 3.8) is 0 Å². The van der Waals surface area contributed by atoms with E-state index in [0.29, 0.717) is 13.0 Å². The Morgan fingerprint density at radius 1 is 1.15 bits per heavy atom. The molecule has 2 fully saturated rings. The third-order valence-corrected chi connectivity index (χ3v) is 5.51. The van der Waals surface area contributed by atoms with Crippen molar-refractivity contribution in [1.82, 2.24) is 0 Å². The van der Waals surface area contributed by atoms with Crippen LogP contribution in [0.1, 0.15) is 42.7 Å². The Bertz CT molecular complexity index is 847. The van der Waals surface area contributed by atoms with Crippen LogP contribution in [-0.2, 0) is 16.1 Å². The summed E-state index contributed by atoms with van der Waals surface area (Å²) in [4.78, 5) is 26.4. The summed E-state index contributed by atoms with van der Waals surface area (Å²) in [5, 5.41) is 3.01. The number of benzene rings is 2. The second kappa shape index (κ2) is 7.53. The smallest absolute Gasteiger partial charge is 0.228 e. The molecule has 3 N–H and O–H groups in total. The minimum atomic E-state index is 0.0152. The Hall–Kier alpha value is -2.66. The van der Waals surface area contributed by atoms with Crippen molar-refractivity contribution >= 4 is 23.2 Å². The molecule has 27 heavy (non-hydrogen) atoms. The Kier molecular flexibility index (Phi) is 4.94. The first kappa shape index (κ1) is 17.7. The van der Waals surface area contributed by atoms with Crippen molar-refractivity contribution in [3.05, 3.63) is 59.7 Å². The van der Waals surface area contributed by atoms with Gasteiger partial charge in [0, 0.05) is 36.8 Å². The van der Waals surface area contributed by atoms with E-state index in [1.54, 1.807) is 0 Å². The van der Waals surface area contributed by atoms with Crippen LogP contribution in [0.5, 0.6) is 0 Å². The zero-order valence-corrected chi connectivity index (χ0v) is 15.4. The van der Waals surface area contributed by atoms with Crippen LogP contribution in [0.3, 0.4) is 0 Å². The van der Waals surface area contributed by atoms with E-state index in [0.717, 1.165) is 42.7 Å². The van der Waals surface area contributed by atoms with Crippen molar-refractivity contribution in [2.24, 2.45) is 11.7 Å². The predicted octanol–water partition coefficient (Wildman–Crippen LogP) is 3.40. The molecule has 0 unspecified atom stereocenters. The average molecular weight is 363 g/mol. The first-order valence-corrected chi connectivity index (χ1v) is 9.66. The van der Waals surface area contributed by atoms with E-state index in [1.165, 1.54) is 5.56 Å². The van der Waals surface area contributed by atoms with Crippen LogP contribution in [-0.4, -0.2) is 18.4 Å². The number of anilines is 2. The number of carbonyl (C=O) groups excluding carboxylic acids is 2. The molecule has 1 heterocycles. The van der Waals surface area contributed by atoms with Gasteiger partial charge in [0.05, 0.1) is 0 Å². The molecule has 0 spiro atoms. The van der Waals surface area contributed by atoms with E-state index >= 15 is 0 Å². The van der Waals surface area contributed by atoms with Gasteiger partial charge in [-0.15, -0.1) is 0 Å². The molecule has 2 atom stereocenters. The molecule has 2 amide bonds. The molecule has 5 heteroatoms. The fraction of sp³-hybridized carbons (Fsp3) is 0.364. The largest absolute Gasteiger partial charge is 0.326 e. The lowest BCUT2D eigenvalue weighted by atomic mass is 10.1. The first-order valence-electron chi connectivity index (χ1n) is 9.66. The fourth-order valence-corrected chi connectivity index (χ4v) is 3.84. The normalized spacial score (nSPS) is 21.8. The summed E-state index contributed by atoms with van der Waals surface area (Å²) in [7, 11) is 0. The molecular weight excluding hydrogens is 338 g/mol. The van der Waals surface area contributed by atoms with E-state index in [-0.39, 0.29) is 23.7 Å². The Balaban J connectivity index is 1.37. The lowest BCUT2D eigenvalue weighted by Gasteiger charge is -2.26. The number of nitrogens with two attached hydrogens (primary N) is 1. The van der Waals surface area contributed by atoms with Crippen LogP contribution < -0.4 is 16.0 Å². The SMILES string of the molecule is NCc1cccc([C@H]2C[C@H]2C(=O)Nc2ccc(N3CCCCC3=O)cc2)c1. The highest BCUT2D eigenvalue weighted by Gasteiger charge is 2.43. The molecule has 0 radical (unpaired) electrons.